The van der Waals surface area contributed by atoms with Gasteiger partial charge in [-0.05, 0) is 12.8 Å². The highest BCUT2D eigenvalue weighted by atomic mass is 16.5. The number of morpholine rings is 1. The zero-order chi connectivity index (χ0) is 16.9. The average Bonchev–Trinajstić information content (AvgIpc) is 2.80. The predicted octanol–water partition coefficient (Wildman–Crippen LogP) is 0.361. The Labute approximate surface area is 141 Å². The quantitative estimate of drug-likeness (QED) is 0.857. The van der Waals surface area contributed by atoms with E-state index >= 15 is 0 Å². The lowest BCUT2D eigenvalue weighted by molar-refractivity contribution is -0.145. The molecule has 2 saturated heterocycles. The fourth-order valence-corrected chi connectivity index (χ4v) is 3.12. The number of nitrogen functional groups attached to an aromatic ring is 1. The van der Waals surface area contributed by atoms with Crippen molar-refractivity contribution in [2.24, 2.45) is 0 Å². The van der Waals surface area contributed by atoms with E-state index in [1.54, 1.807) is 16.0 Å². The first-order chi connectivity index (χ1) is 11.6. The molecule has 8 nitrogen and oxygen atoms in total. The van der Waals surface area contributed by atoms with Crippen molar-refractivity contribution in [1.29, 1.82) is 0 Å². The molecular weight excluding hydrogens is 310 g/mol. The molecule has 8 heteroatoms. The van der Waals surface area contributed by atoms with Crippen LogP contribution in [0.15, 0.2) is 12.4 Å². The van der Waals surface area contributed by atoms with Crippen molar-refractivity contribution in [3.8, 4) is 0 Å². The van der Waals surface area contributed by atoms with Gasteiger partial charge in [0.15, 0.2) is 0 Å². The van der Waals surface area contributed by atoms with Crippen molar-refractivity contribution in [2.45, 2.75) is 31.8 Å². The molecule has 130 valence electrons. The summed E-state index contributed by atoms with van der Waals surface area (Å²) < 4.78 is 5.70. The summed E-state index contributed by atoms with van der Waals surface area (Å²) in [6, 6.07) is 0. The Morgan fingerprint density at radius 2 is 2.08 bits per heavy atom. The Hall–Kier alpha value is -2.22. The van der Waals surface area contributed by atoms with E-state index < -0.39 is 0 Å². The van der Waals surface area contributed by atoms with E-state index in [4.69, 9.17) is 10.5 Å². The van der Waals surface area contributed by atoms with E-state index in [1.807, 2.05) is 0 Å². The van der Waals surface area contributed by atoms with Crippen molar-refractivity contribution in [3.05, 3.63) is 18.1 Å². The van der Waals surface area contributed by atoms with E-state index in [-0.39, 0.29) is 24.5 Å². The number of carbonyl (C=O) groups is 2. The molecule has 2 aliphatic heterocycles. The summed E-state index contributed by atoms with van der Waals surface area (Å²) in [7, 11) is 0. The Morgan fingerprint density at radius 1 is 1.25 bits per heavy atom. The third kappa shape index (κ3) is 3.81. The summed E-state index contributed by atoms with van der Waals surface area (Å²) in [4.78, 5) is 36.3. The molecule has 2 aliphatic rings. The molecule has 1 aromatic heterocycles. The predicted molar refractivity (Wildman–Crippen MR) is 86.8 cm³/mol. The van der Waals surface area contributed by atoms with Gasteiger partial charge in [0.1, 0.15) is 17.6 Å². The van der Waals surface area contributed by atoms with E-state index in [0.717, 1.165) is 19.3 Å². The molecule has 2 fully saturated rings. The molecule has 0 radical (unpaired) electrons. The molecule has 0 aliphatic carbocycles. The monoisotopic (exact) mass is 333 g/mol. The molecule has 1 aromatic rings. The van der Waals surface area contributed by atoms with Crippen LogP contribution in [0.25, 0.3) is 0 Å². The van der Waals surface area contributed by atoms with E-state index in [0.29, 0.717) is 44.2 Å². The molecule has 2 amide bonds. The lowest BCUT2D eigenvalue weighted by atomic mass is 10.2. The summed E-state index contributed by atoms with van der Waals surface area (Å²) in [6.07, 6.45) is 6.16. The maximum Gasteiger partial charge on any atom is 0.242 e. The van der Waals surface area contributed by atoms with Crippen LogP contribution in [0.4, 0.5) is 5.82 Å². The number of carbonyl (C=O) groups excluding carboxylic acids is 2. The van der Waals surface area contributed by atoms with Crippen LogP contribution in [0.3, 0.4) is 0 Å². The van der Waals surface area contributed by atoms with Crippen LogP contribution >= 0.6 is 0 Å². The van der Waals surface area contributed by atoms with Crippen molar-refractivity contribution in [3.63, 3.8) is 0 Å². The molecule has 24 heavy (non-hydrogen) atoms. The molecule has 0 bridgehead atoms. The normalized spacial score (nSPS) is 22.3. The number of nitrogens with zero attached hydrogens (tertiary/aromatic N) is 4. The van der Waals surface area contributed by atoms with Gasteiger partial charge in [0.2, 0.25) is 11.8 Å². The van der Waals surface area contributed by atoms with Gasteiger partial charge >= 0.3 is 0 Å². The van der Waals surface area contributed by atoms with Crippen LogP contribution in [0.1, 0.15) is 37.5 Å². The van der Waals surface area contributed by atoms with Crippen molar-refractivity contribution >= 4 is 17.6 Å². The number of hydrogen-bond donors (Lipinski definition) is 1. The topological polar surface area (TPSA) is 102 Å². The van der Waals surface area contributed by atoms with Gasteiger partial charge in [-0.15, -0.1) is 0 Å². The van der Waals surface area contributed by atoms with Gasteiger partial charge in [-0.2, -0.15) is 0 Å². The molecule has 0 aromatic carbocycles. The largest absolute Gasteiger partial charge is 0.382 e. The Bertz CT molecular complexity index is 609. The van der Waals surface area contributed by atoms with Gasteiger partial charge in [-0.3, -0.25) is 14.6 Å². The molecule has 0 spiro atoms. The van der Waals surface area contributed by atoms with Crippen molar-refractivity contribution < 1.29 is 14.3 Å². The SMILES string of the molecule is Nc1nccnc1[C@@H]1CN(C(=O)CN2CCCCCC2=O)CCO1. The number of likely N-dealkylation sites (tertiary alicyclic amines) is 1. The van der Waals surface area contributed by atoms with Gasteiger partial charge < -0.3 is 20.3 Å². The second kappa shape index (κ2) is 7.57. The number of ether oxygens (including phenoxy) is 1. The van der Waals surface area contributed by atoms with E-state index in [1.165, 1.54) is 6.20 Å². The van der Waals surface area contributed by atoms with Crippen molar-refractivity contribution in [1.82, 2.24) is 19.8 Å². The van der Waals surface area contributed by atoms with Crippen LogP contribution in [0, 0.1) is 0 Å². The van der Waals surface area contributed by atoms with Gasteiger partial charge in [-0.1, -0.05) is 6.42 Å². The minimum atomic E-state index is -0.378. The van der Waals surface area contributed by atoms with Crippen LogP contribution in [-0.4, -0.2) is 64.4 Å². The summed E-state index contributed by atoms with van der Waals surface area (Å²) in [5, 5.41) is 0. The minimum absolute atomic E-state index is 0.0546. The molecular formula is C16H23N5O3. The average molecular weight is 333 g/mol. The molecule has 3 heterocycles. The molecule has 1 atom stereocenters. The first kappa shape index (κ1) is 16.6. The minimum Gasteiger partial charge on any atom is -0.382 e. The molecule has 0 saturated carbocycles. The zero-order valence-electron chi connectivity index (χ0n) is 13.7. The highest BCUT2D eigenvalue weighted by Gasteiger charge is 2.29. The number of rotatable bonds is 3. The molecule has 0 unspecified atom stereocenters. The van der Waals surface area contributed by atoms with Crippen molar-refractivity contribution in [2.75, 3.05) is 38.5 Å². The third-order valence-electron chi connectivity index (χ3n) is 4.48. The maximum absolute atomic E-state index is 12.6. The summed E-state index contributed by atoms with van der Waals surface area (Å²) in [5.41, 5.74) is 6.40. The Balaban J connectivity index is 1.62. The van der Waals surface area contributed by atoms with Crippen LogP contribution in [0.2, 0.25) is 0 Å². The van der Waals surface area contributed by atoms with Gasteiger partial charge in [-0.25, -0.2) is 4.98 Å². The standard InChI is InChI=1S/C16H23N5O3/c17-16-15(18-5-6-19-16)12-10-21(8-9-24-12)14(23)11-20-7-3-1-2-4-13(20)22/h5-6,12H,1-4,7-11H2,(H2,17,19)/t12-/m0/s1. The van der Waals surface area contributed by atoms with Crippen LogP contribution in [-0.2, 0) is 14.3 Å². The number of anilines is 1. The highest BCUT2D eigenvalue weighted by Crippen LogP contribution is 2.23. The summed E-state index contributed by atoms with van der Waals surface area (Å²) >= 11 is 0. The molecule has 2 N–H and O–H groups in total. The number of hydrogen-bond acceptors (Lipinski definition) is 6. The fourth-order valence-electron chi connectivity index (χ4n) is 3.12. The van der Waals surface area contributed by atoms with Crippen LogP contribution < -0.4 is 5.73 Å². The van der Waals surface area contributed by atoms with Gasteiger partial charge in [0, 0.05) is 31.9 Å². The first-order valence-electron chi connectivity index (χ1n) is 8.38. The van der Waals surface area contributed by atoms with E-state index in [2.05, 4.69) is 9.97 Å². The van der Waals surface area contributed by atoms with Gasteiger partial charge in [0.25, 0.3) is 0 Å². The van der Waals surface area contributed by atoms with E-state index in [9.17, 15) is 9.59 Å². The maximum atomic E-state index is 12.6. The lowest BCUT2D eigenvalue weighted by Gasteiger charge is -2.34. The Morgan fingerprint density at radius 3 is 2.92 bits per heavy atom. The van der Waals surface area contributed by atoms with Gasteiger partial charge in [0.05, 0.1) is 19.7 Å². The second-order valence-corrected chi connectivity index (χ2v) is 6.15. The third-order valence-corrected chi connectivity index (χ3v) is 4.48. The van der Waals surface area contributed by atoms with Crippen LogP contribution in [0.5, 0.6) is 0 Å². The fraction of sp³-hybridized carbons (Fsp3) is 0.625. The number of aromatic nitrogens is 2. The first-order valence-corrected chi connectivity index (χ1v) is 8.38. The zero-order valence-corrected chi connectivity index (χ0v) is 13.7. The lowest BCUT2D eigenvalue weighted by Crippen LogP contribution is -2.48. The smallest absolute Gasteiger partial charge is 0.242 e. The highest BCUT2D eigenvalue weighted by molar-refractivity contribution is 5.85. The summed E-state index contributed by atoms with van der Waals surface area (Å²) in [5.74, 6) is 0.337. The molecule has 3 rings (SSSR count). The number of nitrogens with two attached hydrogens (primary N) is 1. The summed E-state index contributed by atoms with van der Waals surface area (Å²) in [6.45, 7) is 2.11. The Kier molecular flexibility index (Phi) is 5.24. The second-order valence-electron chi connectivity index (χ2n) is 6.15. The number of amides is 2.